The lowest BCUT2D eigenvalue weighted by molar-refractivity contribution is -0.0123. The molecule has 0 saturated carbocycles. The zero-order chi connectivity index (χ0) is 27.2. The summed E-state index contributed by atoms with van der Waals surface area (Å²) in [5.41, 5.74) is 1.06. The number of aliphatic hydroxyl groups is 1. The summed E-state index contributed by atoms with van der Waals surface area (Å²) in [7, 11) is 2.88. The third-order valence-electron chi connectivity index (χ3n) is 5.80. The maximum absolute atomic E-state index is 13.5. The molecule has 38 heavy (non-hydrogen) atoms. The molecule has 1 heterocycles. The van der Waals surface area contributed by atoms with Crippen LogP contribution < -0.4 is 18.9 Å². The Morgan fingerprint density at radius 3 is 2.32 bits per heavy atom. The first kappa shape index (κ1) is 26.8. The highest BCUT2D eigenvalue weighted by atomic mass is 16.7. The van der Waals surface area contributed by atoms with Crippen LogP contribution in [0.5, 0.6) is 34.5 Å². The number of ketones is 1. The lowest BCUT2D eigenvalue weighted by Crippen LogP contribution is -2.36. The number of carbonyl (C=O) groups is 1. The smallest absolute Gasteiger partial charge is 0.200 e. The molecular weight excluding hydrogens is 496 g/mol. The second-order valence-electron chi connectivity index (χ2n) is 8.36. The van der Waals surface area contributed by atoms with Crippen LogP contribution in [0.25, 0.3) is 5.57 Å². The van der Waals surface area contributed by atoms with E-state index in [0.29, 0.717) is 22.6 Å². The topological polar surface area (TPSA) is 133 Å². The zero-order valence-electron chi connectivity index (χ0n) is 20.9. The molecule has 2 atom stereocenters. The number of hydrogen-bond acceptors (Lipinski definition) is 10. The molecule has 0 amide bonds. The van der Waals surface area contributed by atoms with Gasteiger partial charge in [-0.15, -0.1) is 0 Å². The summed E-state index contributed by atoms with van der Waals surface area (Å²) < 4.78 is 32.8. The molecule has 0 spiro atoms. The molecule has 3 N–H and O–H groups in total. The molecular formula is C28H28O10. The van der Waals surface area contributed by atoms with E-state index in [0.717, 1.165) is 0 Å². The van der Waals surface area contributed by atoms with Gasteiger partial charge in [0, 0.05) is 31.9 Å². The molecule has 0 aromatic heterocycles. The molecule has 10 heteroatoms. The molecule has 0 saturated heterocycles. The van der Waals surface area contributed by atoms with E-state index in [1.165, 1.54) is 38.5 Å². The highest BCUT2D eigenvalue weighted by molar-refractivity contribution is 6.30. The fourth-order valence-corrected chi connectivity index (χ4v) is 3.94. The van der Waals surface area contributed by atoms with Crippen LogP contribution in [-0.2, 0) is 9.47 Å². The fourth-order valence-electron chi connectivity index (χ4n) is 3.94. The van der Waals surface area contributed by atoms with Crippen LogP contribution in [0.15, 0.2) is 61.2 Å². The molecule has 1 aliphatic rings. The summed E-state index contributed by atoms with van der Waals surface area (Å²) >= 11 is 0. The van der Waals surface area contributed by atoms with E-state index >= 15 is 0 Å². The summed E-state index contributed by atoms with van der Waals surface area (Å²) in [5.74, 6) is 0.138. The first-order chi connectivity index (χ1) is 18.4. The number of aromatic hydroxyl groups is 2. The number of phenols is 2. The quantitative estimate of drug-likeness (QED) is 0.193. The molecule has 0 bridgehead atoms. The molecule has 3 aromatic carbocycles. The van der Waals surface area contributed by atoms with Crippen LogP contribution in [0.1, 0.15) is 27.6 Å². The second-order valence-corrected chi connectivity index (χ2v) is 8.36. The summed E-state index contributed by atoms with van der Waals surface area (Å²) in [6.45, 7) is 3.36. The Morgan fingerprint density at radius 2 is 1.63 bits per heavy atom. The summed E-state index contributed by atoms with van der Waals surface area (Å²) in [4.78, 5) is 13.5. The SMILES string of the molecule is C=C(C(=O)c1c(O)cc(OCOC)cc1OCOC)c1ccc2c(c1)O[C@H](CO)[C@@H](c1ccc(O)cc1)O2. The van der Waals surface area contributed by atoms with Crippen molar-refractivity contribution in [1.82, 2.24) is 0 Å². The van der Waals surface area contributed by atoms with Gasteiger partial charge in [0.05, 0.1) is 6.61 Å². The maximum Gasteiger partial charge on any atom is 0.200 e. The van der Waals surface area contributed by atoms with Gasteiger partial charge in [-0.05, 0) is 35.4 Å². The van der Waals surface area contributed by atoms with E-state index in [9.17, 15) is 20.1 Å². The number of benzene rings is 3. The Balaban J connectivity index is 1.61. The number of methoxy groups -OCH3 is 2. The maximum atomic E-state index is 13.5. The Kier molecular flexibility index (Phi) is 8.37. The highest BCUT2D eigenvalue weighted by Crippen LogP contribution is 2.42. The number of rotatable bonds is 11. The van der Waals surface area contributed by atoms with Gasteiger partial charge in [-0.3, -0.25) is 4.79 Å². The molecule has 0 aliphatic carbocycles. The van der Waals surface area contributed by atoms with Crippen molar-refractivity contribution in [1.29, 1.82) is 0 Å². The minimum atomic E-state index is -0.732. The number of hydrogen-bond donors (Lipinski definition) is 3. The third kappa shape index (κ3) is 5.67. The standard InChI is InChI=1S/C28H28O10/c1-16(27(32)26-21(31)11-20(35-14-33-2)12-24(26)36-15-34-3)18-6-9-22-23(10-18)37-25(13-29)28(38-22)17-4-7-19(30)8-5-17/h4-12,25,28-31H,1,13-15H2,2-3H3/t25-,28-/m1/s1. The van der Waals surface area contributed by atoms with Crippen molar-refractivity contribution in [2.24, 2.45) is 0 Å². The van der Waals surface area contributed by atoms with Crippen molar-refractivity contribution in [3.8, 4) is 34.5 Å². The van der Waals surface area contributed by atoms with Crippen molar-refractivity contribution in [2.75, 3.05) is 34.4 Å². The third-order valence-corrected chi connectivity index (χ3v) is 5.80. The van der Waals surface area contributed by atoms with Crippen LogP contribution in [0.2, 0.25) is 0 Å². The van der Waals surface area contributed by atoms with E-state index in [1.807, 2.05) is 0 Å². The Bertz CT molecular complexity index is 1300. The predicted octanol–water partition coefficient (Wildman–Crippen LogP) is 3.83. The molecule has 1 aliphatic heterocycles. The van der Waals surface area contributed by atoms with Gasteiger partial charge >= 0.3 is 0 Å². The Hall–Kier alpha value is -4.25. The van der Waals surface area contributed by atoms with E-state index in [4.69, 9.17) is 28.4 Å². The average molecular weight is 525 g/mol. The van der Waals surface area contributed by atoms with Gasteiger partial charge in [-0.1, -0.05) is 24.8 Å². The number of aliphatic hydroxyl groups excluding tert-OH is 1. The number of allylic oxidation sites excluding steroid dienone is 1. The minimum absolute atomic E-state index is 0.0405. The molecule has 0 radical (unpaired) electrons. The van der Waals surface area contributed by atoms with E-state index in [-0.39, 0.29) is 54.3 Å². The lowest BCUT2D eigenvalue weighted by atomic mass is 9.96. The summed E-state index contributed by atoms with van der Waals surface area (Å²) in [6, 6.07) is 14.0. The summed E-state index contributed by atoms with van der Waals surface area (Å²) in [6.07, 6.45) is -1.34. The molecule has 0 unspecified atom stereocenters. The first-order valence-electron chi connectivity index (χ1n) is 11.6. The fraction of sp³-hybridized carbons (Fsp3) is 0.250. The molecule has 10 nitrogen and oxygen atoms in total. The van der Waals surface area contributed by atoms with E-state index < -0.39 is 18.0 Å². The number of Topliss-reactive ketones (excluding diaryl/α,β-unsaturated/α-hetero) is 1. The lowest BCUT2D eigenvalue weighted by Gasteiger charge is -2.33. The number of fused-ring (bicyclic) bond motifs is 1. The van der Waals surface area contributed by atoms with Gasteiger partial charge in [0.15, 0.2) is 37.3 Å². The Morgan fingerprint density at radius 1 is 0.921 bits per heavy atom. The van der Waals surface area contributed by atoms with Gasteiger partial charge in [-0.2, -0.15) is 0 Å². The number of phenolic OH excluding ortho intramolecular Hbond substituents is 2. The van der Waals surface area contributed by atoms with Gasteiger partial charge in [0.25, 0.3) is 0 Å². The zero-order valence-corrected chi connectivity index (χ0v) is 20.9. The van der Waals surface area contributed by atoms with Crippen molar-refractivity contribution < 1.29 is 48.5 Å². The van der Waals surface area contributed by atoms with Crippen molar-refractivity contribution >= 4 is 11.4 Å². The normalized spacial score (nSPS) is 16.1. The average Bonchev–Trinajstić information content (AvgIpc) is 2.93. The Labute approximate surface area is 219 Å². The molecule has 4 rings (SSSR count). The van der Waals surface area contributed by atoms with Crippen LogP contribution in [0, 0.1) is 0 Å². The summed E-state index contributed by atoms with van der Waals surface area (Å²) in [5, 5.41) is 30.2. The minimum Gasteiger partial charge on any atom is -0.508 e. The van der Waals surface area contributed by atoms with Gasteiger partial charge in [0.2, 0.25) is 5.78 Å². The van der Waals surface area contributed by atoms with Gasteiger partial charge in [0.1, 0.15) is 28.6 Å². The molecule has 3 aromatic rings. The van der Waals surface area contributed by atoms with Gasteiger partial charge < -0.3 is 43.7 Å². The van der Waals surface area contributed by atoms with Crippen LogP contribution in [0.3, 0.4) is 0 Å². The highest BCUT2D eigenvalue weighted by Gasteiger charge is 2.33. The van der Waals surface area contributed by atoms with Crippen LogP contribution >= 0.6 is 0 Å². The van der Waals surface area contributed by atoms with Crippen LogP contribution in [0.4, 0.5) is 0 Å². The van der Waals surface area contributed by atoms with Crippen molar-refractivity contribution in [2.45, 2.75) is 12.2 Å². The molecule has 0 fully saturated rings. The van der Waals surface area contributed by atoms with Crippen molar-refractivity contribution in [3.63, 3.8) is 0 Å². The number of ether oxygens (including phenoxy) is 6. The predicted molar refractivity (Wildman–Crippen MR) is 136 cm³/mol. The molecule has 200 valence electrons. The van der Waals surface area contributed by atoms with Crippen molar-refractivity contribution in [3.05, 3.63) is 77.9 Å². The van der Waals surface area contributed by atoms with Gasteiger partial charge in [-0.25, -0.2) is 0 Å². The monoisotopic (exact) mass is 524 g/mol. The number of carbonyl (C=O) groups excluding carboxylic acids is 1. The van der Waals surface area contributed by atoms with Crippen LogP contribution in [-0.4, -0.2) is 61.6 Å². The first-order valence-corrected chi connectivity index (χ1v) is 11.6. The van der Waals surface area contributed by atoms with E-state index in [2.05, 4.69) is 6.58 Å². The van der Waals surface area contributed by atoms with E-state index in [1.54, 1.807) is 30.3 Å². The second kappa shape index (κ2) is 11.9. The largest absolute Gasteiger partial charge is 0.508 e.